The molecule has 3 aromatic rings. The highest BCUT2D eigenvalue weighted by atomic mass is 32.1. The van der Waals surface area contributed by atoms with Gasteiger partial charge in [0.25, 0.3) is 0 Å². The molecular weight excluding hydrogens is 326 g/mol. The van der Waals surface area contributed by atoms with Crippen molar-refractivity contribution >= 4 is 22.2 Å². The first-order valence-corrected chi connectivity index (χ1v) is 9.95. The van der Waals surface area contributed by atoms with Gasteiger partial charge in [0.1, 0.15) is 0 Å². The first kappa shape index (κ1) is 16.7. The molecule has 0 N–H and O–H groups in total. The van der Waals surface area contributed by atoms with E-state index in [1.54, 1.807) is 0 Å². The SMILES string of the molecule is CN(Cc1ccc2ncccc2c1)Cc1cc(CN2CCCC2)cs1. The summed E-state index contributed by atoms with van der Waals surface area (Å²) in [7, 11) is 2.20. The summed E-state index contributed by atoms with van der Waals surface area (Å²) < 4.78 is 0. The van der Waals surface area contributed by atoms with Crippen LogP contribution in [0.1, 0.15) is 28.8 Å². The Labute approximate surface area is 153 Å². The third-order valence-corrected chi connectivity index (χ3v) is 5.83. The average Bonchev–Trinajstić information content (AvgIpc) is 3.27. The number of rotatable bonds is 6. The molecule has 0 radical (unpaired) electrons. The first-order valence-electron chi connectivity index (χ1n) is 9.07. The fraction of sp³-hybridized carbons (Fsp3) is 0.381. The van der Waals surface area contributed by atoms with E-state index in [1.165, 1.54) is 47.3 Å². The van der Waals surface area contributed by atoms with E-state index < -0.39 is 0 Å². The third kappa shape index (κ3) is 4.27. The number of pyridine rings is 1. The Morgan fingerprint density at radius 1 is 1.08 bits per heavy atom. The summed E-state index contributed by atoms with van der Waals surface area (Å²) in [5, 5.41) is 3.56. The van der Waals surface area contributed by atoms with E-state index in [1.807, 2.05) is 23.6 Å². The van der Waals surface area contributed by atoms with Crippen LogP contribution >= 0.6 is 11.3 Å². The van der Waals surface area contributed by atoms with Crippen LogP contribution < -0.4 is 0 Å². The smallest absolute Gasteiger partial charge is 0.0702 e. The van der Waals surface area contributed by atoms with Gasteiger partial charge in [-0.15, -0.1) is 11.3 Å². The maximum absolute atomic E-state index is 4.40. The Kier molecular flexibility index (Phi) is 5.11. The maximum Gasteiger partial charge on any atom is 0.0702 e. The molecule has 1 aliphatic heterocycles. The highest BCUT2D eigenvalue weighted by Crippen LogP contribution is 2.21. The summed E-state index contributed by atoms with van der Waals surface area (Å²) >= 11 is 1.90. The van der Waals surface area contributed by atoms with Gasteiger partial charge in [0.2, 0.25) is 0 Å². The fourth-order valence-electron chi connectivity index (χ4n) is 3.65. The minimum absolute atomic E-state index is 0.962. The molecule has 25 heavy (non-hydrogen) atoms. The Morgan fingerprint density at radius 2 is 1.96 bits per heavy atom. The molecule has 4 heteroatoms. The molecule has 0 bridgehead atoms. The second-order valence-corrected chi connectivity index (χ2v) is 8.10. The zero-order valence-corrected chi connectivity index (χ0v) is 15.6. The lowest BCUT2D eigenvalue weighted by Crippen LogP contribution is -2.18. The van der Waals surface area contributed by atoms with Gasteiger partial charge in [0.15, 0.2) is 0 Å². The van der Waals surface area contributed by atoms with Gasteiger partial charge in [-0.3, -0.25) is 14.8 Å². The summed E-state index contributed by atoms with van der Waals surface area (Å²) in [6.07, 6.45) is 4.58. The molecule has 0 amide bonds. The minimum Gasteiger partial charge on any atom is -0.299 e. The van der Waals surface area contributed by atoms with Crippen LogP contribution in [-0.4, -0.2) is 34.9 Å². The number of benzene rings is 1. The predicted octanol–water partition coefficient (Wildman–Crippen LogP) is 4.52. The molecule has 0 atom stereocenters. The average molecular weight is 352 g/mol. The Balaban J connectivity index is 1.36. The highest BCUT2D eigenvalue weighted by molar-refractivity contribution is 7.10. The molecule has 0 unspecified atom stereocenters. The molecule has 0 saturated carbocycles. The van der Waals surface area contributed by atoms with Crippen LogP contribution in [-0.2, 0) is 19.6 Å². The number of hydrogen-bond acceptors (Lipinski definition) is 4. The van der Waals surface area contributed by atoms with Crippen LogP contribution in [0.5, 0.6) is 0 Å². The van der Waals surface area contributed by atoms with Crippen molar-refractivity contribution in [2.45, 2.75) is 32.5 Å². The summed E-state index contributed by atoms with van der Waals surface area (Å²) in [5.41, 5.74) is 3.89. The van der Waals surface area contributed by atoms with Gasteiger partial charge in [-0.05, 0) is 73.8 Å². The van der Waals surface area contributed by atoms with Crippen molar-refractivity contribution in [2.75, 3.05) is 20.1 Å². The summed E-state index contributed by atoms with van der Waals surface area (Å²) in [6.45, 7) is 5.63. The van der Waals surface area contributed by atoms with E-state index in [4.69, 9.17) is 0 Å². The summed E-state index contributed by atoms with van der Waals surface area (Å²) in [4.78, 5) is 10.8. The third-order valence-electron chi connectivity index (χ3n) is 4.86. The Morgan fingerprint density at radius 3 is 2.84 bits per heavy atom. The number of hydrogen-bond donors (Lipinski definition) is 0. The van der Waals surface area contributed by atoms with Crippen molar-refractivity contribution in [3.8, 4) is 0 Å². The largest absolute Gasteiger partial charge is 0.299 e. The molecule has 1 fully saturated rings. The molecule has 1 saturated heterocycles. The quantitative estimate of drug-likeness (QED) is 0.651. The number of likely N-dealkylation sites (tertiary alicyclic amines) is 1. The van der Waals surface area contributed by atoms with Crippen LogP contribution in [0.4, 0.5) is 0 Å². The van der Waals surface area contributed by atoms with Crippen LogP contribution in [0.15, 0.2) is 48.0 Å². The first-order chi connectivity index (χ1) is 12.3. The van der Waals surface area contributed by atoms with Gasteiger partial charge < -0.3 is 0 Å². The Bertz CT molecular complexity index is 836. The van der Waals surface area contributed by atoms with Gasteiger partial charge in [0, 0.05) is 36.1 Å². The summed E-state index contributed by atoms with van der Waals surface area (Å²) in [5.74, 6) is 0. The van der Waals surface area contributed by atoms with Gasteiger partial charge in [-0.1, -0.05) is 12.1 Å². The number of thiophene rings is 1. The molecule has 0 spiro atoms. The lowest BCUT2D eigenvalue weighted by molar-refractivity contribution is 0.320. The topological polar surface area (TPSA) is 19.4 Å². The van der Waals surface area contributed by atoms with Crippen molar-refractivity contribution in [3.05, 3.63) is 64.0 Å². The van der Waals surface area contributed by atoms with Gasteiger partial charge in [0.05, 0.1) is 5.52 Å². The van der Waals surface area contributed by atoms with E-state index in [0.717, 1.165) is 25.2 Å². The van der Waals surface area contributed by atoms with Crippen molar-refractivity contribution in [1.82, 2.24) is 14.8 Å². The number of aromatic nitrogens is 1. The molecule has 4 rings (SSSR count). The zero-order valence-electron chi connectivity index (χ0n) is 14.8. The predicted molar refractivity (Wildman–Crippen MR) is 106 cm³/mol. The molecule has 0 aliphatic carbocycles. The van der Waals surface area contributed by atoms with Crippen LogP contribution in [0.3, 0.4) is 0 Å². The zero-order chi connectivity index (χ0) is 17.1. The molecule has 3 heterocycles. The lowest BCUT2D eigenvalue weighted by Gasteiger charge is -2.16. The standard InChI is InChI=1S/C21H25N3S/c1-23(13-17-6-7-21-19(11-17)5-4-8-22-21)15-20-12-18(16-25-20)14-24-9-2-3-10-24/h4-8,11-12,16H,2-3,9-10,13-15H2,1H3. The minimum atomic E-state index is 0.962. The van der Waals surface area contributed by atoms with Crippen molar-refractivity contribution in [2.24, 2.45) is 0 Å². The van der Waals surface area contributed by atoms with Crippen molar-refractivity contribution < 1.29 is 0 Å². The highest BCUT2D eigenvalue weighted by Gasteiger charge is 2.13. The number of nitrogens with zero attached hydrogens (tertiary/aromatic N) is 3. The van der Waals surface area contributed by atoms with Crippen LogP contribution in [0.25, 0.3) is 10.9 Å². The summed E-state index contributed by atoms with van der Waals surface area (Å²) in [6, 6.07) is 13.1. The second-order valence-electron chi connectivity index (χ2n) is 7.11. The Hall–Kier alpha value is -1.75. The molecular formula is C21H25N3S. The van der Waals surface area contributed by atoms with E-state index in [-0.39, 0.29) is 0 Å². The van der Waals surface area contributed by atoms with Gasteiger partial charge >= 0.3 is 0 Å². The molecule has 3 nitrogen and oxygen atoms in total. The van der Waals surface area contributed by atoms with E-state index in [2.05, 4.69) is 57.5 Å². The van der Waals surface area contributed by atoms with E-state index in [0.29, 0.717) is 0 Å². The molecule has 2 aromatic heterocycles. The molecule has 1 aromatic carbocycles. The fourth-order valence-corrected chi connectivity index (χ4v) is 4.61. The van der Waals surface area contributed by atoms with E-state index >= 15 is 0 Å². The van der Waals surface area contributed by atoms with Crippen molar-refractivity contribution in [1.29, 1.82) is 0 Å². The van der Waals surface area contributed by atoms with Crippen molar-refractivity contribution in [3.63, 3.8) is 0 Å². The second kappa shape index (κ2) is 7.65. The van der Waals surface area contributed by atoms with Gasteiger partial charge in [-0.25, -0.2) is 0 Å². The monoisotopic (exact) mass is 351 g/mol. The van der Waals surface area contributed by atoms with E-state index in [9.17, 15) is 0 Å². The maximum atomic E-state index is 4.40. The number of fused-ring (bicyclic) bond motifs is 1. The van der Waals surface area contributed by atoms with Gasteiger partial charge in [-0.2, -0.15) is 0 Å². The van der Waals surface area contributed by atoms with Crippen LogP contribution in [0, 0.1) is 0 Å². The van der Waals surface area contributed by atoms with Crippen LogP contribution in [0.2, 0.25) is 0 Å². The molecule has 130 valence electrons. The lowest BCUT2D eigenvalue weighted by atomic mass is 10.1. The normalized spacial score (nSPS) is 15.4. The molecule has 1 aliphatic rings.